The van der Waals surface area contributed by atoms with Gasteiger partial charge in [-0.05, 0) is 23.8 Å². The molecule has 0 spiro atoms. The molecule has 0 aromatic heterocycles. The molecule has 0 saturated heterocycles. The summed E-state index contributed by atoms with van der Waals surface area (Å²) in [5.74, 6) is -0.426. The van der Waals surface area contributed by atoms with E-state index in [0.717, 1.165) is 0 Å². The first-order chi connectivity index (χ1) is 6.72. The van der Waals surface area contributed by atoms with Gasteiger partial charge in [-0.2, -0.15) is 5.26 Å². The summed E-state index contributed by atoms with van der Waals surface area (Å²) in [6.45, 7) is 3.57. The summed E-state index contributed by atoms with van der Waals surface area (Å²) in [6, 6.07) is 6.71. The van der Waals surface area contributed by atoms with Crippen molar-refractivity contribution in [2.24, 2.45) is 0 Å². The Morgan fingerprint density at radius 2 is 2.36 bits per heavy atom. The van der Waals surface area contributed by atoms with Crippen molar-refractivity contribution < 1.29 is 9.53 Å². The Bertz CT molecular complexity index is 416. The quantitative estimate of drug-likeness (QED) is 0.665. The van der Waals surface area contributed by atoms with Crippen molar-refractivity contribution in [1.82, 2.24) is 0 Å². The van der Waals surface area contributed by atoms with Crippen molar-refractivity contribution in [3.8, 4) is 6.07 Å². The second-order valence-corrected chi connectivity index (χ2v) is 2.61. The Balaban J connectivity index is 3.26. The molecule has 0 radical (unpaired) electrons. The summed E-state index contributed by atoms with van der Waals surface area (Å²) in [4.78, 5) is 11.2. The number of nitriles is 1. The summed E-state index contributed by atoms with van der Waals surface area (Å²) < 4.78 is 4.58. The van der Waals surface area contributed by atoms with Crippen LogP contribution in [-0.2, 0) is 4.74 Å². The zero-order valence-electron chi connectivity index (χ0n) is 7.78. The van der Waals surface area contributed by atoms with Crippen molar-refractivity contribution >= 4 is 12.0 Å². The molecule has 0 atom stereocenters. The first kappa shape index (κ1) is 10.0. The van der Waals surface area contributed by atoms with Gasteiger partial charge in [-0.15, -0.1) is 0 Å². The van der Waals surface area contributed by atoms with E-state index in [2.05, 4.69) is 11.3 Å². The molecule has 14 heavy (non-hydrogen) atoms. The fourth-order valence-corrected chi connectivity index (χ4v) is 1.10. The van der Waals surface area contributed by atoms with Gasteiger partial charge in [0.05, 0.1) is 24.3 Å². The Morgan fingerprint density at radius 1 is 1.64 bits per heavy atom. The number of carbonyl (C=O) groups excluding carboxylic acids is 1. The molecule has 0 heterocycles. The average molecular weight is 187 g/mol. The molecule has 1 aromatic carbocycles. The molecule has 1 aromatic rings. The minimum Gasteiger partial charge on any atom is -0.465 e. The lowest BCUT2D eigenvalue weighted by Gasteiger charge is -2.03. The summed E-state index contributed by atoms with van der Waals surface area (Å²) >= 11 is 0. The van der Waals surface area contributed by atoms with Crippen LogP contribution in [-0.4, -0.2) is 13.1 Å². The minimum atomic E-state index is -0.426. The minimum absolute atomic E-state index is 0.418. The van der Waals surface area contributed by atoms with E-state index in [1.165, 1.54) is 13.2 Å². The standard InChI is InChI=1S/C11H9NO2/c1-3-9-6-8(7-12)4-5-10(9)11(13)14-2/h3-6H,1H2,2H3. The van der Waals surface area contributed by atoms with Crippen LogP contribution >= 0.6 is 0 Å². The van der Waals surface area contributed by atoms with Gasteiger partial charge in [-0.3, -0.25) is 0 Å². The molecule has 1 rings (SSSR count). The van der Waals surface area contributed by atoms with Gasteiger partial charge in [0.1, 0.15) is 0 Å². The monoisotopic (exact) mass is 187 g/mol. The molecule has 3 heteroatoms. The molecule has 0 fully saturated rings. The Kier molecular flexibility index (Phi) is 3.03. The normalized spacial score (nSPS) is 8.86. The molecule has 0 bridgehead atoms. The van der Waals surface area contributed by atoms with Crippen LogP contribution in [0.25, 0.3) is 6.08 Å². The second kappa shape index (κ2) is 4.24. The van der Waals surface area contributed by atoms with Gasteiger partial charge in [0.25, 0.3) is 0 Å². The lowest BCUT2D eigenvalue weighted by Crippen LogP contribution is -2.03. The van der Waals surface area contributed by atoms with E-state index < -0.39 is 5.97 Å². The largest absolute Gasteiger partial charge is 0.465 e. The van der Waals surface area contributed by atoms with E-state index in [9.17, 15) is 4.79 Å². The SMILES string of the molecule is C=Cc1cc(C#N)ccc1C(=O)OC. The van der Waals surface area contributed by atoms with Crippen LogP contribution in [0, 0.1) is 11.3 Å². The highest BCUT2D eigenvalue weighted by Crippen LogP contribution is 2.13. The maximum absolute atomic E-state index is 11.2. The van der Waals surface area contributed by atoms with E-state index in [-0.39, 0.29) is 0 Å². The molecule has 0 N–H and O–H groups in total. The summed E-state index contributed by atoms with van der Waals surface area (Å²) in [5.41, 5.74) is 1.52. The number of hydrogen-bond donors (Lipinski definition) is 0. The van der Waals surface area contributed by atoms with Gasteiger partial charge >= 0.3 is 5.97 Å². The third-order valence-corrected chi connectivity index (χ3v) is 1.81. The van der Waals surface area contributed by atoms with Gasteiger partial charge in [-0.25, -0.2) is 4.79 Å². The number of ether oxygens (including phenoxy) is 1. The number of rotatable bonds is 2. The smallest absolute Gasteiger partial charge is 0.338 e. The summed E-state index contributed by atoms with van der Waals surface area (Å²) in [7, 11) is 1.31. The maximum atomic E-state index is 11.2. The lowest BCUT2D eigenvalue weighted by atomic mass is 10.0. The summed E-state index contributed by atoms with van der Waals surface area (Å²) in [6.07, 6.45) is 1.52. The number of carbonyl (C=O) groups is 1. The number of nitrogens with zero attached hydrogens (tertiary/aromatic N) is 1. The van der Waals surface area contributed by atoms with E-state index in [1.54, 1.807) is 18.2 Å². The first-order valence-corrected chi connectivity index (χ1v) is 3.98. The Morgan fingerprint density at radius 3 is 2.86 bits per heavy atom. The van der Waals surface area contributed by atoms with Crippen LogP contribution in [0.1, 0.15) is 21.5 Å². The van der Waals surface area contributed by atoms with Gasteiger partial charge in [0.15, 0.2) is 0 Å². The topological polar surface area (TPSA) is 50.1 Å². The van der Waals surface area contributed by atoms with Gasteiger partial charge in [0, 0.05) is 0 Å². The Labute approximate surface area is 82.2 Å². The fourth-order valence-electron chi connectivity index (χ4n) is 1.10. The lowest BCUT2D eigenvalue weighted by molar-refractivity contribution is 0.0600. The third kappa shape index (κ3) is 1.80. The molecular formula is C11H9NO2. The molecule has 0 saturated carbocycles. The van der Waals surface area contributed by atoms with Crippen molar-refractivity contribution in [3.63, 3.8) is 0 Å². The van der Waals surface area contributed by atoms with Gasteiger partial charge < -0.3 is 4.74 Å². The van der Waals surface area contributed by atoms with Crippen molar-refractivity contribution in [3.05, 3.63) is 41.5 Å². The van der Waals surface area contributed by atoms with Crippen LogP contribution < -0.4 is 0 Å². The van der Waals surface area contributed by atoms with Crippen LogP contribution in [0.5, 0.6) is 0 Å². The number of benzene rings is 1. The van der Waals surface area contributed by atoms with Crippen molar-refractivity contribution in [2.75, 3.05) is 7.11 Å². The molecule has 0 aliphatic rings. The van der Waals surface area contributed by atoms with E-state index >= 15 is 0 Å². The molecule has 0 unspecified atom stereocenters. The van der Waals surface area contributed by atoms with Crippen LogP contribution in [0.2, 0.25) is 0 Å². The Hall–Kier alpha value is -2.08. The molecule has 0 amide bonds. The molecule has 3 nitrogen and oxygen atoms in total. The van der Waals surface area contributed by atoms with E-state index in [4.69, 9.17) is 5.26 Å². The maximum Gasteiger partial charge on any atom is 0.338 e. The van der Waals surface area contributed by atoms with Crippen LogP contribution in [0.4, 0.5) is 0 Å². The highest BCUT2D eigenvalue weighted by Gasteiger charge is 2.09. The molecular weight excluding hydrogens is 178 g/mol. The molecule has 70 valence electrons. The zero-order chi connectivity index (χ0) is 10.6. The predicted octanol–water partition coefficient (Wildman–Crippen LogP) is 1.99. The van der Waals surface area contributed by atoms with Gasteiger partial charge in [0.2, 0.25) is 0 Å². The second-order valence-electron chi connectivity index (χ2n) is 2.61. The van der Waals surface area contributed by atoms with Crippen molar-refractivity contribution in [2.45, 2.75) is 0 Å². The number of esters is 1. The van der Waals surface area contributed by atoms with Crippen LogP contribution in [0.3, 0.4) is 0 Å². The molecule has 0 aliphatic carbocycles. The number of hydrogen-bond acceptors (Lipinski definition) is 3. The predicted molar refractivity (Wildman–Crippen MR) is 52.6 cm³/mol. The summed E-state index contributed by atoms with van der Waals surface area (Å²) in [5, 5.41) is 8.64. The third-order valence-electron chi connectivity index (χ3n) is 1.81. The number of methoxy groups -OCH3 is 1. The average Bonchev–Trinajstić information content (AvgIpc) is 2.27. The highest BCUT2D eigenvalue weighted by atomic mass is 16.5. The molecule has 0 aliphatic heterocycles. The van der Waals surface area contributed by atoms with E-state index in [1.807, 2.05) is 6.07 Å². The van der Waals surface area contributed by atoms with Crippen molar-refractivity contribution in [1.29, 1.82) is 5.26 Å². The van der Waals surface area contributed by atoms with E-state index in [0.29, 0.717) is 16.7 Å². The zero-order valence-corrected chi connectivity index (χ0v) is 7.78. The fraction of sp³-hybridized carbons (Fsp3) is 0.0909. The van der Waals surface area contributed by atoms with Gasteiger partial charge in [-0.1, -0.05) is 12.7 Å². The van der Waals surface area contributed by atoms with Crippen LogP contribution in [0.15, 0.2) is 24.8 Å². The highest BCUT2D eigenvalue weighted by molar-refractivity contribution is 5.93. The first-order valence-electron chi connectivity index (χ1n) is 3.98.